The van der Waals surface area contributed by atoms with Gasteiger partial charge in [-0.3, -0.25) is 0 Å². The minimum atomic E-state index is 0.0502. The minimum absolute atomic E-state index is 0.0502. The number of hydrogen-bond donors (Lipinski definition) is 0. The highest BCUT2D eigenvalue weighted by atomic mass is 15.2. The Morgan fingerprint density at radius 2 is 0.681 bits per heavy atom. The van der Waals surface area contributed by atoms with Crippen LogP contribution in [0.4, 0.5) is 34.1 Å². The Hall–Kier alpha value is -7.36. The maximum atomic E-state index is 2.68. The molecule has 0 saturated heterocycles. The number of hydrogen-bond acceptors (Lipinski definition) is 2. The smallest absolute Gasteiger partial charge is 0.252 e. The maximum absolute atomic E-state index is 2.68. The van der Waals surface area contributed by atoms with Crippen LogP contribution in [0.15, 0.2) is 194 Å². The Balaban J connectivity index is 1.11. The first-order valence-corrected chi connectivity index (χ1v) is 27.0. The average molecular weight is 931 g/mol. The zero-order chi connectivity index (χ0) is 48.3. The van der Waals surface area contributed by atoms with Gasteiger partial charge in [-0.2, -0.15) is 0 Å². The highest BCUT2D eigenvalue weighted by Gasteiger charge is 2.44. The van der Waals surface area contributed by atoms with E-state index in [-0.39, 0.29) is 6.71 Å². The summed E-state index contributed by atoms with van der Waals surface area (Å²) in [5.74, 6) is 1.15. The number of rotatable bonds is 8. The predicted octanol–water partition coefficient (Wildman–Crippen LogP) is 17.5. The Kier molecular flexibility index (Phi) is 11.6. The third kappa shape index (κ3) is 7.80. The summed E-state index contributed by atoms with van der Waals surface area (Å²) in [6.45, 7) is 7.00. The summed E-state index contributed by atoms with van der Waals surface area (Å²) >= 11 is 0. The predicted molar refractivity (Wildman–Crippen MR) is 308 cm³/mol. The lowest BCUT2D eigenvalue weighted by atomic mass is 9.33. The molecule has 352 valence electrons. The van der Waals surface area contributed by atoms with Gasteiger partial charge in [0, 0.05) is 34.1 Å². The van der Waals surface area contributed by atoms with Crippen LogP contribution in [0.3, 0.4) is 0 Å². The average Bonchev–Trinajstić information content (AvgIpc) is 3.44. The van der Waals surface area contributed by atoms with E-state index in [9.17, 15) is 0 Å². The van der Waals surface area contributed by atoms with Crippen molar-refractivity contribution in [3.63, 3.8) is 0 Å². The highest BCUT2D eigenvalue weighted by molar-refractivity contribution is 7.00. The van der Waals surface area contributed by atoms with Gasteiger partial charge in [0.05, 0.1) is 0 Å². The lowest BCUT2D eigenvalue weighted by Gasteiger charge is -2.45. The normalized spacial score (nSPS) is 15.5. The molecule has 0 unspecified atom stereocenters. The van der Waals surface area contributed by atoms with E-state index in [1.54, 1.807) is 0 Å². The number of nitrogens with zero attached hydrogens (tertiary/aromatic N) is 2. The molecule has 0 aromatic heterocycles. The van der Waals surface area contributed by atoms with Crippen LogP contribution in [0.5, 0.6) is 0 Å². The number of anilines is 6. The molecule has 0 bridgehead atoms. The SMILES string of the molecule is Cc1cc2c3c(c1)N(c1cc(-c4ccccc4)c(C)c(-c4ccccc4)c1)c1cc(C4CCCCC4)ccc1B3c1ccc(C3CCCCC3)cc1N2c1cc(-c2ccccc2)c(C)c(-c2ccccc2)c1. The molecule has 2 aliphatic heterocycles. The zero-order valence-corrected chi connectivity index (χ0v) is 42.2. The molecular weight excluding hydrogens is 868 g/mol. The molecule has 2 fully saturated rings. The van der Waals surface area contributed by atoms with E-state index in [1.807, 2.05) is 0 Å². The molecule has 0 radical (unpaired) electrons. The Labute approximate surface area is 428 Å². The number of aryl methyl sites for hydroxylation is 1. The Morgan fingerprint density at radius 1 is 0.347 bits per heavy atom. The van der Waals surface area contributed by atoms with E-state index in [0.29, 0.717) is 11.8 Å². The van der Waals surface area contributed by atoms with Gasteiger partial charge >= 0.3 is 0 Å². The van der Waals surface area contributed by atoms with Crippen LogP contribution >= 0.6 is 0 Å². The van der Waals surface area contributed by atoms with Gasteiger partial charge in [0.2, 0.25) is 0 Å². The van der Waals surface area contributed by atoms with E-state index in [4.69, 9.17) is 0 Å². The van der Waals surface area contributed by atoms with Gasteiger partial charge in [-0.25, -0.2) is 0 Å². The standard InChI is InChI=1S/C69H63BN2/c1-46-38-67-69-68(39-46)72(58-44-61(53-30-18-8-19-31-53)48(3)62(45-58)54-32-20-9-21-33-54)66-41-56(50-24-12-5-13-25-50)35-37-64(66)70(69)63-36-34-55(49-22-10-4-11-23-49)40-65(63)71(67)57-42-59(51-26-14-6-15-27-51)47(2)60(43-57)52-28-16-7-17-29-52/h6-9,14-21,26-45,49-50H,4-5,10-13,22-25H2,1-3H3. The molecule has 0 atom stereocenters. The van der Waals surface area contributed by atoms with Gasteiger partial charge in [-0.05, 0) is 196 Å². The van der Waals surface area contributed by atoms with Crippen LogP contribution in [0.25, 0.3) is 44.5 Å². The summed E-state index contributed by atoms with van der Waals surface area (Å²) in [6, 6.07) is 74.6. The second kappa shape index (κ2) is 18.7. The van der Waals surface area contributed by atoms with Gasteiger partial charge in [0.15, 0.2) is 0 Å². The lowest BCUT2D eigenvalue weighted by Crippen LogP contribution is -2.61. The molecule has 4 aliphatic rings. The second-order valence-electron chi connectivity index (χ2n) is 21.4. The molecule has 9 aromatic carbocycles. The van der Waals surface area contributed by atoms with Crippen molar-refractivity contribution < 1.29 is 0 Å². The molecule has 2 nitrogen and oxygen atoms in total. The summed E-state index contributed by atoms with van der Waals surface area (Å²) in [4.78, 5) is 5.36. The van der Waals surface area contributed by atoms with Gasteiger partial charge in [0.1, 0.15) is 0 Å². The van der Waals surface area contributed by atoms with Crippen molar-refractivity contribution in [2.24, 2.45) is 0 Å². The first-order valence-electron chi connectivity index (χ1n) is 27.0. The molecule has 13 rings (SSSR count). The van der Waals surface area contributed by atoms with Crippen LogP contribution in [0.1, 0.15) is 104 Å². The molecule has 2 heterocycles. The summed E-state index contributed by atoms with van der Waals surface area (Å²) in [5.41, 5.74) is 28.6. The summed E-state index contributed by atoms with van der Waals surface area (Å²) in [5, 5.41) is 0. The quantitative estimate of drug-likeness (QED) is 0.140. The van der Waals surface area contributed by atoms with Crippen molar-refractivity contribution in [1.29, 1.82) is 0 Å². The van der Waals surface area contributed by atoms with Crippen LogP contribution in [0.2, 0.25) is 0 Å². The Bertz CT molecular complexity index is 3110. The molecule has 9 aromatic rings. The van der Waals surface area contributed by atoms with Crippen LogP contribution < -0.4 is 26.2 Å². The summed E-state index contributed by atoms with van der Waals surface area (Å²) < 4.78 is 0. The fourth-order valence-corrected chi connectivity index (χ4v) is 13.4. The lowest BCUT2D eigenvalue weighted by molar-refractivity contribution is 0.444. The number of fused-ring (bicyclic) bond motifs is 4. The fourth-order valence-electron chi connectivity index (χ4n) is 13.4. The molecule has 3 heteroatoms. The fraction of sp³-hybridized carbons (Fsp3) is 0.217. The van der Waals surface area contributed by atoms with Crippen molar-refractivity contribution in [2.45, 2.75) is 96.8 Å². The number of benzene rings is 9. The highest BCUT2D eigenvalue weighted by Crippen LogP contribution is 2.50. The van der Waals surface area contributed by atoms with Crippen molar-refractivity contribution in [3.05, 3.63) is 222 Å². The zero-order valence-electron chi connectivity index (χ0n) is 42.2. The van der Waals surface area contributed by atoms with Crippen LogP contribution in [-0.2, 0) is 0 Å². The first-order chi connectivity index (χ1) is 35.5. The van der Waals surface area contributed by atoms with Crippen molar-refractivity contribution in [2.75, 3.05) is 9.80 Å². The third-order valence-corrected chi connectivity index (χ3v) is 17.1. The van der Waals surface area contributed by atoms with E-state index in [0.717, 1.165) is 0 Å². The summed E-state index contributed by atoms with van der Waals surface area (Å²) in [6.07, 6.45) is 13.0. The summed E-state index contributed by atoms with van der Waals surface area (Å²) in [7, 11) is 0. The minimum Gasteiger partial charge on any atom is -0.311 e. The molecule has 0 N–H and O–H groups in total. The molecule has 2 aliphatic carbocycles. The third-order valence-electron chi connectivity index (χ3n) is 17.1. The molecule has 0 spiro atoms. The topological polar surface area (TPSA) is 6.48 Å². The van der Waals surface area contributed by atoms with Crippen molar-refractivity contribution in [3.8, 4) is 44.5 Å². The van der Waals surface area contributed by atoms with E-state index >= 15 is 0 Å². The largest absolute Gasteiger partial charge is 0.311 e. The van der Waals surface area contributed by atoms with Crippen molar-refractivity contribution in [1.82, 2.24) is 0 Å². The van der Waals surface area contributed by atoms with Crippen LogP contribution in [0, 0.1) is 20.8 Å². The van der Waals surface area contributed by atoms with Crippen molar-refractivity contribution >= 4 is 57.2 Å². The van der Waals surface area contributed by atoms with E-state index < -0.39 is 0 Å². The van der Waals surface area contributed by atoms with E-state index in [1.165, 1.54) is 187 Å². The molecule has 2 saturated carbocycles. The van der Waals surface area contributed by atoms with Gasteiger partial charge in [-0.15, -0.1) is 0 Å². The van der Waals surface area contributed by atoms with Crippen LogP contribution in [-0.4, -0.2) is 6.71 Å². The van der Waals surface area contributed by atoms with E-state index in [2.05, 4.69) is 225 Å². The molecule has 72 heavy (non-hydrogen) atoms. The van der Waals surface area contributed by atoms with Gasteiger partial charge in [0.25, 0.3) is 6.71 Å². The first kappa shape index (κ1) is 44.6. The molecule has 0 amide bonds. The Morgan fingerprint density at radius 3 is 1.01 bits per heavy atom. The molecular formula is C69H63BN2. The maximum Gasteiger partial charge on any atom is 0.252 e. The second-order valence-corrected chi connectivity index (χ2v) is 21.4. The van der Waals surface area contributed by atoms with Gasteiger partial charge in [-0.1, -0.05) is 184 Å². The van der Waals surface area contributed by atoms with Gasteiger partial charge < -0.3 is 9.80 Å². The monoisotopic (exact) mass is 931 g/mol.